The first-order valence-electron chi connectivity index (χ1n) is 5.43. The molecule has 1 saturated heterocycles. The summed E-state index contributed by atoms with van der Waals surface area (Å²) in [7, 11) is -1.93. The van der Waals surface area contributed by atoms with Crippen LogP contribution in [0.2, 0.25) is 0 Å². The molecule has 0 aromatic carbocycles. The van der Waals surface area contributed by atoms with E-state index in [1.807, 2.05) is 0 Å². The highest BCUT2D eigenvalue weighted by Gasteiger charge is 2.31. The summed E-state index contributed by atoms with van der Waals surface area (Å²) in [5.74, 6) is 0.421. The average Bonchev–Trinajstić information content (AvgIpc) is 2.78. The first kappa shape index (κ1) is 12.8. The number of hydrogen-bond acceptors (Lipinski definition) is 5. The number of nitrogens with two attached hydrogens (primary N) is 1. The van der Waals surface area contributed by atoms with Gasteiger partial charge in [-0.05, 0) is 24.3 Å². The molecule has 2 rings (SSSR count). The molecule has 1 aromatic heterocycles. The molecule has 0 amide bonds. The van der Waals surface area contributed by atoms with Crippen LogP contribution in [0.5, 0.6) is 5.75 Å². The predicted molar refractivity (Wildman–Crippen MR) is 66.8 cm³/mol. The quantitative estimate of drug-likeness (QED) is 0.889. The van der Waals surface area contributed by atoms with Crippen molar-refractivity contribution >= 4 is 21.4 Å². The monoisotopic (exact) mass is 276 g/mol. The van der Waals surface area contributed by atoms with Gasteiger partial charge in [0.05, 0.1) is 7.11 Å². The van der Waals surface area contributed by atoms with Crippen LogP contribution in [0.3, 0.4) is 0 Å². The second-order valence-corrected chi connectivity index (χ2v) is 7.07. The van der Waals surface area contributed by atoms with Crippen molar-refractivity contribution in [1.29, 1.82) is 0 Å². The van der Waals surface area contributed by atoms with Crippen molar-refractivity contribution in [2.24, 2.45) is 5.73 Å². The van der Waals surface area contributed by atoms with E-state index in [2.05, 4.69) is 0 Å². The highest BCUT2D eigenvalue weighted by atomic mass is 32.2. The van der Waals surface area contributed by atoms with Gasteiger partial charge in [-0.2, -0.15) is 4.31 Å². The van der Waals surface area contributed by atoms with Crippen LogP contribution in [0.1, 0.15) is 12.8 Å². The van der Waals surface area contributed by atoms with Gasteiger partial charge in [0.15, 0.2) is 4.21 Å². The van der Waals surface area contributed by atoms with E-state index in [-0.39, 0.29) is 10.3 Å². The molecular weight excluding hydrogens is 260 g/mol. The van der Waals surface area contributed by atoms with Crippen LogP contribution in [0, 0.1) is 0 Å². The van der Waals surface area contributed by atoms with Gasteiger partial charge in [0.25, 0.3) is 10.0 Å². The molecule has 0 atom stereocenters. The van der Waals surface area contributed by atoms with Crippen molar-refractivity contribution in [2.75, 3.05) is 20.2 Å². The highest BCUT2D eigenvalue weighted by molar-refractivity contribution is 7.91. The van der Waals surface area contributed by atoms with E-state index in [1.54, 1.807) is 11.4 Å². The van der Waals surface area contributed by atoms with Gasteiger partial charge in [0.2, 0.25) is 0 Å². The van der Waals surface area contributed by atoms with E-state index >= 15 is 0 Å². The molecule has 0 aliphatic carbocycles. The van der Waals surface area contributed by atoms with E-state index in [0.29, 0.717) is 31.7 Å². The van der Waals surface area contributed by atoms with Crippen molar-refractivity contribution < 1.29 is 13.2 Å². The minimum absolute atomic E-state index is 0.117. The molecular formula is C10H16N2O3S2. The van der Waals surface area contributed by atoms with E-state index in [0.717, 1.165) is 0 Å². The summed E-state index contributed by atoms with van der Waals surface area (Å²) < 4.78 is 31.5. The van der Waals surface area contributed by atoms with Crippen molar-refractivity contribution in [2.45, 2.75) is 23.1 Å². The summed E-state index contributed by atoms with van der Waals surface area (Å²) >= 11 is 1.19. The Kier molecular flexibility index (Phi) is 3.72. The third-order valence-corrected chi connectivity index (χ3v) is 6.21. The number of hydrogen-bond donors (Lipinski definition) is 1. The first-order valence-corrected chi connectivity index (χ1v) is 7.75. The van der Waals surface area contributed by atoms with Crippen LogP contribution in [-0.2, 0) is 10.0 Å². The molecule has 0 saturated carbocycles. The lowest BCUT2D eigenvalue weighted by Gasteiger charge is -2.28. The standard InChI is InChI=1S/C10H16N2O3S2/c1-15-9-4-7-16-10(9)17(13,14)12-5-2-8(11)3-6-12/h4,7-8H,2-3,5-6,11H2,1H3. The summed E-state index contributed by atoms with van der Waals surface area (Å²) in [5.41, 5.74) is 5.77. The minimum atomic E-state index is -3.41. The number of sulfonamides is 1. The number of piperidine rings is 1. The maximum atomic E-state index is 12.4. The number of ether oxygens (including phenoxy) is 1. The molecule has 1 aliphatic heterocycles. The fourth-order valence-corrected chi connectivity index (χ4v) is 4.74. The second kappa shape index (κ2) is 4.93. The zero-order valence-corrected chi connectivity index (χ0v) is 11.3. The van der Waals surface area contributed by atoms with E-state index in [4.69, 9.17) is 10.5 Å². The average molecular weight is 276 g/mol. The van der Waals surface area contributed by atoms with Gasteiger partial charge in [-0.25, -0.2) is 8.42 Å². The number of thiophene rings is 1. The summed E-state index contributed by atoms with van der Waals surface area (Å²) in [4.78, 5) is 0. The maximum absolute atomic E-state index is 12.4. The Bertz CT molecular complexity index is 475. The molecule has 1 aromatic rings. The molecule has 0 unspecified atom stereocenters. The Morgan fingerprint density at radius 3 is 2.71 bits per heavy atom. The molecule has 1 fully saturated rings. The Hall–Kier alpha value is -0.630. The van der Waals surface area contributed by atoms with E-state index in [1.165, 1.54) is 22.8 Å². The molecule has 17 heavy (non-hydrogen) atoms. The lowest BCUT2D eigenvalue weighted by molar-refractivity contribution is 0.319. The Balaban J connectivity index is 2.25. The van der Waals surface area contributed by atoms with E-state index in [9.17, 15) is 8.42 Å². The summed E-state index contributed by atoms with van der Waals surface area (Å²) in [6.07, 6.45) is 1.43. The number of rotatable bonds is 3. The molecule has 0 spiro atoms. The second-order valence-electron chi connectivity index (χ2n) is 4.02. The van der Waals surface area contributed by atoms with Crippen LogP contribution in [-0.4, -0.2) is 39.0 Å². The van der Waals surface area contributed by atoms with Gasteiger partial charge in [-0.3, -0.25) is 0 Å². The number of nitrogens with zero attached hydrogens (tertiary/aromatic N) is 1. The largest absolute Gasteiger partial charge is 0.494 e. The van der Waals surface area contributed by atoms with Crippen LogP contribution in [0.25, 0.3) is 0 Å². The zero-order valence-electron chi connectivity index (χ0n) is 9.63. The first-order chi connectivity index (χ1) is 8.05. The SMILES string of the molecule is COc1ccsc1S(=O)(=O)N1CCC(N)CC1. The highest BCUT2D eigenvalue weighted by Crippen LogP contribution is 2.32. The van der Waals surface area contributed by atoms with Crippen molar-refractivity contribution in [1.82, 2.24) is 4.31 Å². The number of methoxy groups -OCH3 is 1. The van der Waals surface area contributed by atoms with Gasteiger partial charge in [0.1, 0.15) is 5.75 Å². The molecule has 2 N–H and O–H groups in total. The summed E-state index contributed by atoms with van der Waals surface area (Å²) in [6, 6.07) is 1.79. The Morgan fingerprint density at radius 1 is 1.47 bits per heavy atom. The molecule has 5 nitrogen and oxygen atoms in total. The van der Waals surface area contributed by atoms with Gasteiger partial charge in [0, 0.05) is 19.1 Å². The minimum Gasteiger partial charge on any atom is -0.494 e. The van der Waals surface area contributed by atoms with E-state index < -0.39 is 10.0 Å². The van der Waals surface area contributed by atoms with Gasteiger partial charge in [-0.15, -0.1) is 11.3 Å². The fourth-order valence-electron chi connectivity index (χ4n) is 1.86. The summed E-state index contributed by atoms with van der Waals surface area (Å²) in [6.45, 7) is 0.981. The van der Waals surface area contributed by atoms with Crippen LogP contribution in [0.15, 0.2) is 15.7 Å². The van der Waals surface area contributed by atoms with Crippen molar-refractivity contribution in [3.05, 3.63) is 11.4 Å². The van der Waals surface area contributed by atoms with Crippen LogP contribution >= 0.6 is 11.3 Å². The molecule has 7 heteroatoms. The van der Waals surface area contributed by atoms with Crippen LogP contribution < -0.4 is 10.5 Å². The van der Waals surface area contributed by atoms with Gasteiger partial charge in [-0.1, -0.05) is 0 Å². The summed E-state index contributed by atoms with van der Waals surface area (Å²) in [5, 5.41) is 1.72. The lowest BCUT2D eigenvalue weighted by atomic mass is 10.1. The fraction of sp³-hybridized carbons (Fsp3) is 0.600. The molecule has 1 aliphatic rings. The van der Waals surface area contributed by atoms with Gasteiger partial charge >= 0.3 is 0 Å². The third kappa shape index (κ3) is 2.47. The lowest BCUT2D eigenvalue weighted by Crippen LogP contribution is -2.42. The molecule has 96 valence electrons. The predicted octanol–water partition coefficient (Wildman–Crippen LogP) is 0.869. The normalized spacial score (nSPS) is 19.4. The molecule has 0 radical (unpaired) electrons. The van der Waals surface area contributed by atoms with Crippen LogP contribution in [0.4, 0.5) is 0 Å². The third-order valence-electron chi connectivity index (χ3n) is 2.89. The zero-order chi connectivity index (χ0) is 12.5. The maximum Gasteiger partial charge on any atom is 0.256 e. The smallest absolute Gasteiger partial charge is 0.256 e. The Labute approximate surface area is 105 Å². The Morgan fingerprint density at radius 2 is 2.12 bits per heavy atom. The molecule has 0 bridgehead atoms. The van der Waals surface area contributed by atoms with Gasteiger partial charge < -0.3 is 10.5 Å². The van der Waals surface area contributed by atoms with Crippen molar-refractivity contribution in [3.8, 4) is 5.75 Å². The molecule has 2 heterocycles. The van der Waals surface area contributed by atoms with Crippen molar-refractivity contribution in [3.63, 3.8) is 0 Å². The topological polar surface area (TPSA) is 72.6 Å².